The van der Waals surface area contributed by atoms with Crippen molar-refractivity contribution < 1.29 is 27.4 Å². The smallest absolute Gasteiger partial charge is 0.343 e. The summed E-state index contributed by atoms with van der Waals surface area (Å²) < 4.78 is 46.3. The van der Waals surface area contributed by atoms with E-state index in [-0.39, 0.29) is 24.2 Å². The molecule has 8 nitrogen and oxygen atoms in total. The van der Waals surface area contributed by atoms with Gasteiger partial charge in [-0.25, -0.2) is 13.2 Å². The van der Waals surface area contributed by atoms with Crippen LogP contribution in [0, 0.1) is 5.92 Å². The number of hydrogen-bond donors (Lipinski definition) is 1. The third-order valence-electron chi connectivity index (χ3n) is 7.42. The first-order valence-corrected chi connectivity index (χ1v) is 15.2. The second kappa shape index (κ2) is 13.9. The molecule has 1 saturated carbocycles. The van der Waals surface area contributed by atoms with Crippen LogP contribution in [0.3, 0.4) is 0 Å². The fraction of sp³-hybridized carbons (Fsp3) is 0.419. The molecule has 3 aromatic rings. The Labute approximate surface area is 237 Å². The molecular formula is C31H38N2O6S. The Hall–Kier alpha value is -3.27. The van der Waals surface area contributed by atoms with E-state index in [2.05, 4.69) is 17.2 Å². The number of carbonyl (C=O) groups is 1. The van der Waals surface area contributed by atoms with E-state index in [1.807, 2.05) is 30.3 Å². The predicted octanol–water partition coefficient (Wildman–Crippen LogP) is 5.08. The number of nitrogens with zero attached hydrogens (tertiary/aromatic N) is 1. The molecule has 2 aromatic carbocycles. The first kappa shape index (κ1) is 29.7. The van der Waals surface area contributed by atoms with Crippen LogP contribution < -0.4 is 10.1 Å². The maximum Gasteiger partial charge on any atom is 0.343 e. The van der Waals surface area contributed by atoms with E-state index in [1.165, 1.54) is 19.2 Å². The number of ether oxygens (including phenoxy) is 3. The van der Waals surface area contributed by atoms with Crippen LogP contribution in [0.5, 0.6) is 5.75 Å². The number of aromatic nitrogens is 1. The summed E-state index contributed by atoms with van der Waals surface area (Å²) in [6, 6.07) is 19.0. The molecule has 0 amide bonds. The topological polar surface area (TPSA) is 104 Å². The van der Waals surface area contributed by atoms with Crippen molar-refractivity contribution >= 4 is 15.8 Å². The normalized spacial score (nSPS) is 18.9. The Morgan fingerprint density at radius 1 is 0.950 bits per heavy atom. The Kier molecular flexibility index (Phi) is 10.3. The van der Waals surface area contributed by atoms with Crippen molar-refractivity contribution in [2.45, 2.75) is 68.0 Å². The SMILES string of the molecule is CCCOC1CCC([C@](NCc2ccncc2)(C(=O)OCc2ccccc2)S(=O)(=O)c2ccc(OC)cc2)CC1. The summed E-state index contributed by atoms with van der Waals surface area (Å²) in [4.78, 5) is 16.3. The second-order valence-corrected chi connectivity index (χ2v) is 12.2. The number of esters is 1. The highest BCUT2D eigenvalue weighted by Crippen LogP contribution is 2.41. The van der Waals surface area contributed by atoms with Gasteiger partial charge in [-0.05, 0) is 79.6 Å². The zero-order chi connectivity index (χ0) is 28.4. The van der Waals surface area contributed by atoms with Crippen molar-refractivity contribution in [3.05, 3.63) is 90.3 Å². The quantitative estimate of drug-likeness (QED) is 0.286. The fourth-order valence-electron chi connectivity index (χ4n) is 5.23. The Balaban J connectivity index is 1.75. The standard InChI is InChI=1S/C31H38N2O6S/c1-3-21-38-28-11-9-26(10-12-28)31(33-22-24-17-19-32-20-18-24,30(34)39-23-25-7-5-4-6-8-25)40(35,36)29-15-13-27(37-2)14-16-29/h4-8,13-20,26,28,33H,3,9-12,21-23H2,1-2H3/t26?,28?,31-/m1/s1. The molecule has 1 N–H and O–H groups in total. The lowest BCUT2D eigenvalue weighted by atomic mass is 9.81. The van der Waals surface area contributed by atoms with Gasteiger partial charge in [0, 0.05) is 31.5 Å². The third-order valence-corrected chi connectivity index (χ3v) is 9.81. The van der Waals surface area contributed by atoms with Gasteiger partial charge in [0.25, 0.3) is 0 Å². The van der Waals surface area contributed by atoms with E-state index < -0.39 is 26.6 Å². The van der Waals surface area contributed by atoms with Crippen molar-refractivity contribution in [2.75, 3.05) is 13.7 Å². The molecule has 1 aliphatic carbocycles. The van der Waals surface area contributed by atoms with Gasteiger partial charge in [-0.2, -0.15) is 0 Å². The van der Waals surface area contributed by atoms with Crippen LogP contribution >= 0.6 is 0 Å². The number of nitrogens with one attached hydrogen (secondary N) is 1. The van der Waals surface area contributed by atoms with Crippen LogP contribution in [0.2, 0.25) is 0 Å². The van der Waals surface area contributed by atoms with Crippen molar-refractivity contribution in [2.24, 2.45) is 5.92 Å². The second-order valence-electron chi connectivity index (χ2n) is 10.0. The number of rotatable bonds is 13. The van der Waals surface area contributed by atoms with Crippen LogP contribution in [0.15, 0.2) is 84.0 Å². The number of hydrogen-bond acceptors (Lipinski definition) is 8. The summed E-state index contributed by atoms with van der Waals surface area (Å²) in [5.41, 5.74) is 1.58. The molecule has 0 aliphatic heterocycles. The first-order valence-electron chi connectivity index (χ1n) is 13.8. The molecule has 9 heteroatoms. The highest BCUT2D eigenvalue weighted by atomic mass is 32.2. The minimum Gasteiger partial charge on any atom is -0.497 e. The van der Waals surface area contributed by atoms with E-state index in [9.17, 15) is 13.2 Å². The molecule has 0 radical (unpaired) electrons. The Morgan fingerprint density at radius 2 is 1.62 bits per heavy atom. The first-order chi connectivity index (χ1) is 19.4. The average Bonchev–Trinajstić information content (AvgIpc) is 3.00. The van der Waals surface area contributed by atoms with E-state index in [4.69, 9.17) is 14.2 Å². The lowest BCUT2D eigenvalue weighted by Crippen LogP contribution is -2.63. The van der Waals surface area contributed by atoms with Gasteiger partial charge in [0.1, 0.15) is 12.4 Å². The molecule has 0 spiro atoms. The Bertz CT molecular complexity index is 1310. The van der Waals surface area contributed by atoms with E-state index in [1.54, 1.807) is 36.7 Å². The summed E-state index contributed by atoms with van der Waals surface area (Å²) in [7, 11) is -2.78. The van der Waals surface area contributed by atoms with Gasteiger partial charge in [-0.3, -0.25) is 10.3 Å². The molecule has 214 valence electrons. The van der Waals surface area contributed by atoms with Crippen LogP contribution in [-0.4, -0.2) is 44.1 Å². The molecule has 1 aromatic heterocycles. The van der Waals surface area contributed by atoms with Crippen LogP contribution in [-0.2, 0) is 37.3 Å². The van der Waals surface area contributed by atoms with E-state index in [0.717, 1.165) is 17.5 Å². The summed E-state index contributed by atoms with van der Waals surface area (Å²) in [5.74, 6) is -0.820. The van der Waals surface area contributed by atoms with E-state index in [0.29, 0.717) is 38.0 Å². The molecule has 1 aliphatic rings. The summed E-state index contributed by atoms with van der Waals surface area (Å²) in [6.07, 6.45) is 6.54. The van der Waals surface area contributed by atoms with Crippen LogP contribution in [0.25, 0.3) is 0 Å². The van der Waals surface area contributed by atoms with Crippen molar-refractivity contribution in [3.8, 4) is 5.75 Å². The largest absolute Gasteiger partial charge is 0.497 e. The number of pyridine rings is 1. The lowest BCUT2D eigenvalue weighted by Gasteiger charge is -2.42. The molecule has 0 saturated heterocycles. The number of benzene rings is 2. The molecular weight excluding hydrogens is 528 g/mol. The zero-order valence-electron chi connectivity index (χ0n) is 23.1. The van der Waals surface area contributed by atoms with Gasteiger partial charge >= 0.3 is 5.97 Å². The minimum absolute atomic E-state index is 0.0246. The maximum atomic E-state index is 14.6. The van der Waals surface area contributed by atoms with Gasteiger partial charge in [-0.15, -0.1) is 0 Å². The number of carbonyl (C=O) groups excluding carboxylic acids is 1. The summed E-state index contributed by atoms with van der Waals surface area (Å²) >= 11 is 0. The van der Waals surface area contributed by atoms with Gasteiger partial charge in [0.2, 0.25) is 14.7 Å². The Morgan fingerprint density at radius 3 is 2.25 bits per heavy atom. The van der Waals surface area contributed by atoms with Gasteiger partial charge in [0.05, 0.1) is 18.1 Å². The zero-order valence-corrected chi connectivity index (χ0v) is 23.9. The van der Waals surface area contributed by atoms with Gasteiger partial charge in [-0.1, -0.05) is 37.3 Å². The van der Waals surface area contributed by atoms with Crippen LogP contribution in [0.4, 0.5) is 0 Å². The van der Waals surface area contributed by atoms with Crippen LogP contribution in [0.1, 0.15) is 50.2 Å². The predicted molar refractivity (Wildman–Crippen MR) is 152 cm³/mol. The summed E-state index contributed by atoms with van der Waals surface area (Å²) in [6.45, 7) is 2.82. The van der Waals surface area contributed by atoms with E-state index >= 15 is 0 Å². The van der Waals surface area contributed by atoms with Gasteiger partial charge < -0.3 is 14.2 Å². The molecule has 0 bridgehead atoms. The van der Waals surface area contributed by atoms with Gasteiger partial charge in [0.15, 0.2) is 0 Å². The molecule has 1 atom stereocenters. The average molecular weight is 567 g/mol. The maximum absolute atomic E-state index is 14.6. The highest BCUT2D eigenvalue weighted by Gasteiger charge is 2.58. The molecule has 1 fully saturated rings. The van der Waals surface area contributed by atoms with Crippen molar-refractivity contribution in [3.63, 3.8) is 0 Å². The number of sulfone groups is 1. The lowest BCUT2D eigenvalue weighted by molar-refractivity contribution is -0.152. The molecule has 1 heterocycles. The summed E-state index contributed by atoms with van der Waals surface area (Å²) in [5, 5.41) is 3.22. The third kappa shape index (κ3) is 6.71. The molecule has 0 unspecified atom stereocenters. The van der Waals surface area contributed by atoms with Crippen molar-refractivity contribution in [1.82, 2.24) is 10.3 Å². The molecule has 40 heavy (non-hydrogen) atoms. The highest BCUT2D eigenvalue weighted by molar-refractivity contribution is 7.93. The monoisotopic (exact) mass is 566 g/mol. The fourth-order valence-corrected chi connectivity index (χ4v) is 7.31. The van der Waals surface area contributed by atoms with Crippen molar-refractivity contribution in [1.29, 1.82) is 0 Å². The minimum atomic E-state index is -4.29. The number of methoxy groups -OCH3 is 1. The molecule has 4 rings (SSSR count).